The van der Waals surface area contributed by atoms with Crippen molar-refractivity contribution in [3.63, 3.8) is 0 Å². The molecule has 1 aliphatic carbocycles. The van der Waals surface area contributed by atoms with Crippen molar-refractivity contribution < 1.29 is 18.6 Å². The minimum atomic E-state index is 0. The summed E-state index contributed by atoms with van der Waals surface area (Å²) >= 11 is 0. The zero-order valence-corrected chi connectivity index (χ0v) is 21.1. The second kappa shape index (κ2) is 12.3. The number of hydrogen-bond acceptors (Lipinski definition) is 6. The third-order valence-corrected chi connectivity index (χ3v) is 5.26. The number of guanidine groups is 1. The molecule has 2 heterocycles. The first-order valence-corrected chi connectivity index (χ1v) is 11.1. The molecule has 0 radical (unpaired) electrons. The average Bonchev–Trinajstić information content (AvgIpc) is 3.56. The van der Waals surface area contributed by atoms with Gasteiger partial charge in [-0.1, -0.05) is 0 Å². The second-order valence-corrected chi connectivity index (χ2v) is 8.05. The first-order chi connectivity index (χ1) is 15.2. The van der Waals surface area contributed by atoms with Gasteiger partial charge in [0.15, 0.2) is 17.5 Å². The van der Waals surface area contributed by atoms with Gasteiger partial charge in [-0.15, -0.1) is 24.0 Å². The molecule has 9 heteroatoms. The van der Waals surface area contributed by atoms with Crippen LogP contribution in [0, 0.1) is 19.8 Å². The fourth-order valence-corrected chi connectivity index (χ4v) is 3.19. The van der Waals surface area contributed by atoms with E-state index < -0.39 is 0 Å². The number of nitrogens with one attached hydrogen (secondary N) is 2. The number of aromatic nitrogens is 1. The number of ether oxygens (including phenoxy) is 3. The monoisotopic (exact) mass is 556 g/mol. The molecule has 0 atom stereocenters. The van der Waals surface area contributed by atoms with Crippen LogP contribution in [0.2, 0.25) is 0 Å². The summed E-state index contributed by atoms with van der Waals surface area (Å²) in [6.07, 6.45) is 4.41. The van der Waals surface area contributed by atoms with Gasteiger partial charge in [-0.3, -0.25) is 0 Å². The highest BCUT2D eigenvalue weighted by Crippen LogP contribution is 2.32. The summed E-state index contributed by atoms with van der Waals surface area (Å²) < 4.78 is 22.9. The third-order valence-electron chi connectivity index (χ3n) is 5.26. The number of halogens is 1. The van der Waals surface area contributed by atoms with Crippen LogP contribution < -0.4 is 20.1 Å². The Bertz CT molecular complexity index is 879. The van der Waals surface area contributed by atoms with Crippen molar-refractivity contribution in [2.75, 3.05) is 38.3 Å². The van der Waals surface area contributed by atoms with Crippen molar-refractivity contribution in [1.82, 2.24) is 10.3 Å². The zero-order chi connectivity index (χ0) is 21.5. The van der Waals surface area contributed by atoms with Gasteiger partial charge in [-0.25, -0.2) is 9.98 Å². The fourth-order valence-electron chi connectivity index (χ4n) is 3.19. The Morgan fingerprint density at radius 2 is 2.00 bits per heavy atom. The molecule has 0 bridgehead atoms. The van der Waals surface area contributed by atoms with Crippen molar-refractivity contribution >= 4 is 35.6 Å². The van der Waals surface area contributed by atoms with E-state index in [1.165, 1.54) is 12.8 Å². The average molecular weight is 556 g/mol. The highest BCUT2D eigenvalue weighted by molar-refractivity contribution is 14.0. The van der Waals surface area contributed by atoms with Gasteiger partial charge >= 0.3 is 0 Å². The number of oxazole rings is 1. The van der Waals surface area contributed by atoms with Crippen LogP contribution in [0.4, 0.5) is 5.69 Å². The predicted octanol–water partition coefficient (Wildman–Crippen LogP) is 4.45. The van der Waals surface area contributed by atoms with Gasteiger partial charge in [0.05, 0.1) is 18.9 Å². The third kappa shape index (κ3) is 7.54. The summed E-state index contributed by atoms with van der Waals surface area (Å²) in [5, 5.41) is 6.73. The molecule has 1 aromatic heterocycles. The van der Waals surface area contributed by atoms with Gasteiger partial charge in [-0.05, 0) is 51.2 Å². The van der Waals surface area contributed by atoms with Crippen molar-refractivity contribution in [2.24, 2.45) is 10.9 Å². The van der Waals surface area contributed by atoms with E-state index in [0.717, 1.165) is 67.2 Å². The Kier molecular flexibility index (Phi) is 9.46. The van der Waals surface area contributed by atoms with Crippen molar-refractivity contribution in [3.05, 3.63) is 35.5 Å². The molecule has 0 spiro atoms. The van der Waals surface area contributed by atoms with E-state index in [1.54, 1.807) is 0 Å². The largest absolute Gasteiger partial charge is 0.490 e. The van der Waals surface area contributed by atoms with Gasteiger partial charge in [0.25, 0.3) is 0 Å². The highest BCUT2D eigenvalue weighted by Gasteiger charge is 2.20. The molecule has 0 unspecified atom stereocenters. The lowest BCUT2D eigenvalue weighted by atomic mass is 10.2. The van der Waals surface area contributed by atoms with Gasteiger partial charge in [0, 0.05) is 37.9 Å². The number of hydrogen-bond donors (Lipinski definition) is 2. The maximum Gasteiger partial charge on any atom is 0.216 e. The van der Waals surface area contributed by atoms with Crippen LogP contribution in [0.5, 0.6) is 11.5 Å². The van der Waals surface area contributed by atoms with Crippen LogP contribution in [0.25, 0.3) is 0 Å². The molecule has 0 saturated heterocycles. The van der Waals surface area contributed by atoms with E-state index in [9.17, 15) is 0 Å². The van der Waals surface area contributed by atoms with Crippen molar-refractivity contribution in [3.8, 4) is 11.5 Å². The number of fused-ring (bicyclic) bond motifs is 1. The highest BCUT2D eigenvalue weighted by atomic mass is 127. The van der Waals surface area contributed by atoms with Crippen LogP contribution in [0.1, 0.15) is 43.0 Å². The fraction of sp³-hybridized carbons (Fsp3) is 0.565. The number of rotatable bonds is 9. The van der Waals surface area contributed by atoms with E-state index in [1.807, 2.05) is 32.0 Å². The summed E-state index contributed by atoms with van der Waals surface area (Å²) in [7, 11) is 0. The van der Waals surface area contributed by atoms with E-state index in [-0.39, 0.29) is 24.0 Å². The van der Waals surface area contributed by atoms with Crippen LogP contribution in [-0.2, 0) is 11.3 Å². The molecule has 2 aliphatic rings. The summed E-state index contributed by atoms with van der Waals surface area (Å²) in [6, 6.07) is 5.83. The summed E-state index contributed by atoms with van der Waals surface area (Å²) in [5.74, 6) is 4.39. The molecular weight excluding hydrogens is 523 g/mol. The van der Waals surface area contributed by atoms with Crippen LogP contribution in [0.3, 0.4) is 0 Å². The van der Waals surface area contributed by atoms with Gasteiger partial charge in [0.1, 0.15) is 12.3 Å². The molecule has 1 saturated carbocycles. The number of benzene rings is 1. The molecule has 8 nitrogen and oxygen atoms in total. The molecule has 2 aromatic rings. The topological polar surface area (TPSA) is 90.1 Å². The van der Waals surface area contributed by atoms with Crippen molar-refractivity contribution in [1.29, 1.82) is 0 Å². The standard InChI is InChI=1S/C23H32N4O4.HI/c1-16-17(2)31-22(26-16)14-25-23(24-9-3-10-28-15-18-5-6-18)27-19-7-8-20-21(13-19)30-12-4-11-29-20;/h7-8,13,18H,3-6,9-12,14-15H2,1-2H3,(H2,24,25,27);1H. The number of anilines is 1. The van der Waals surface area contributed by atoms with Crippen LogP contribution in [-0.4, -0.2) is 43.9 Å². The normalized spacial score (nSPS) is 15.6. The lowest BCUT2D eigenvalue weighted by Gasteiger charge is -2.14. The molecule has 32 heavy (non-hydrogen) atoms. The summed E-state index contributed by atoms with van der Waals surface area (Å²) in [4.78, 5) is 9.07. The quantitative estimate of drug-likeness (QED) is 0.204. The smallest absolute Gasteiger partial charge is 0.216 e. The number of aryl methyl sites for hydroxylation is 2. The SMILES string of the molecule is Cc1nc(CN=C(NCCCOCC2CC2)Nc2ccc3c(c2)OCCCO3)oc1C.I. The maximum atomic E-state index is 5.80. The van der Waals surface area contributed by atoms with E-state index in [4.69, 9.17) is 18.6 Å². The zero-order valence-electron chi connectivity index (χ0n) is 18.8. The molecule has 4 rings (SSSR count). The first-order valence-electron chi connectivity index (χ1n) is 11.1. The summed E-state index contributed by atoms with van der Waals surface area (Å²) in [5.41, 5.74) is 1.77. The Hall–Kier alpha value is -2.01. The molecular formula is C23H33IN4O4. The second-order valence-electron chi connectivity index (χ2n) is 8.05. The van der Waals surface area contributed by atoms with Gasteiger partial charge in [-0.2, -0.15) is 0 Å². The van der Waals surface area contributed by atoms with Crippen LogP contribution in [0.15, 0.2) is 27.6 Å². The lowest BCUT2D eigenvalue weighted by molar-refractivity contribution is 0.123. The van der Waals surface area contributed by atoms with Crippen molar-refractivity contribution in [2.45, 2.75) is 46.1 Å². The minimum absolute atomic E-state index is 0. The maximum absolute atomic E-state index is 5.80. The molecule has 1 fully saturated rings. The van der Waals surface area contributed by atoms with Crippen LogP contribution >= 0.6 is 24.0 Å². The Morgan fingerprint density at radius 1 is 1.19 bits per heavy atom. The molecule has 1 aliphatic heterocycles. The van der Waals surface area contributed by atoms with Gasteiger partial charge < -0.3 is 29.3 Å². The predicted molar refractivity (Wildman–Crippen MR) is 134 cm³/mol. The molecule has 2 N–H and O–H groups in total. The Balaban J connectivity index is 0.00000289. The van der Waals surface area contributed by atoms with Gasteiger partial charge in [0.2, 0.25) is 5.89 Å². The number of nitrogens with zero attached hydrogens (tertiary/aromatic N) is 2. The molecule has 1 aromatic carbocycles. The Labute approximate surface area is 206 Å². The van der Waals surface area contributed by atoms with E-state index >= 15 is 0 Å². The first kappa shape index (κ1) is 24.6. The number of aliphatic imine (C=N–C) groups is 1. The molecule has 176 valence electrons. The minimum Gasteiger partial charge on any atom is -0.490 e. The van der Waals surface area contributed by atoms with E-state index in [0.29, 0.717) is 31.6 Å². The molecule has 0 amide bonds. The Morgan fingerprint density at radius 3 is 2.75 bits per heavy atom. The summed E-state index contributed by atoms with van der Waals surface area (Å²) in [6.45, 7) is 7.91. The lowest BCUT2D eigenvalue weighted by Crippen LogP contribution is -2.32. The van der Waals surface area contributed by atoms with E-state index in [2.05, 4.69) is 20.6 Å².